The van der Waals surface area contributed by atoms with Crippen LogP contribution in [0.2, 0.25) is 0 Å². The Balaban J connectivity index is 1.20. The number of likely N-dealkylation sites (tertiary alicyclic amines) is 1. The van der Waals surface area contributed by atoms with Gasteiger partial charge in [0.05, 0.1) is 5.75 Å². The minimum absolute atomic E-state index is 0.0666. The lowest BCUT2D eigenvalue weighted by Gasteiger charge is -2.34. The molecule has 2 aromatic rings. The van der Waals surface area contributed by atoms with Crippen LogP contribution in [-0.2, 0) is 21.2 Å². The Labute approximate surface area is 260 Å². The van der Waals surface area contributed by atoms with Crippen LogP contribution in [0.4, 0.5) is 13.2 Å². The molecule has 0 aliphatic carbocycles. The molecule has 0 unspecified atom stereocenters. The molecule has 45 heavy (non-hydrogen) atoms. The van der Waals surface area contributed by atoms with E-state index in [-0.39, 0.29) is 67.9 Å². The number of carbonyl (C=O) groups excluding carboxylic acids is 2. The van der Waals surface area contributed by atoms with Gasteiger partial charge in [-0.15, -0.1) is 13.2 Å². The first kappa shape index (κ1) is 32.9. The maximum atomic E-state index is 13.3. The van der Waals surface area contributed by atoms with Crippen LogP contribution in [0.5, 0.6) is 5.75 Å². The van der Waals surface area contributed by atoms with Crippen LogP contribution in [0.1, 0.15) is 58.3 Å². The van der Waals surface area contributed by atoms with Gasteiger partial charge in [-0.3, -0.25) is 14.6 Å². The number of carbonyl (C=O) groups is 2. The van der Waals surface area contributed by atoms with Gasteiger partial charge < -0.3 is 20.1 Å². The van der Waals surface area contributed by atoms with E-state index in [4.69, 9.17) is 0 Å². The second-order valence-electron chi connectivity index (χ2n) is 12.0. The second kappa shape index (κ2) is 12.7. The molecule has 0 radical (unpaired) electrons. The van der Waals surface area contributed by atoms with E-state index in [9.17, 15) is 36.3 Å². The highest BCUT2D eigenvalue weighted by molar-refractivity contribution is 7.89. The summed E-state index contributed by atoms with van der Waals surface area (Å²) in [6, 6.07) is 8.77. The van der Waals surface area contributed by atoms with Crippen molar-refractivity contribution in [3.8, 4) is 5.75 Å². The fraction of sp³-hybridized carbons (Fsp3) is 0.516. The summed E-state index contributed by atoms with van der Waals surface area (Å²) in [6.45, 7) is 5.20. The third-order valence-electron chi connectivity index (χ3n) is 8.98. The summed E-state index contributed by atoms with van der Waals surface area (Å²) >= 11 is 0. The SMILES string of the molecule is Cc1cc(C(=O)N2CCC(CO)CC2)cc(C)c1CCS(=O)(=O)N1CCC2(CC1)N=C(c1cccc(OC(F)(F)F)c1)NC2=O. The smallest absolute Gasteiger partial charge is 0.406 e. The normalized spacial score (nSPS) is 19.5. The van der Waals surface area contributed by atoms with Gasteiger partial charge >= 0.3 is 6.36 Å². The summed E-state index contributed by atoms with van der Waals surface area (Å²) in [6.07, 6.45) is -2.81. The third kappa shape index (κ3) is 7.33. The maximum Gasteiger partial charge on any atom is 0.573 e. The number of aliphatic imine (C=N–C) groups is 1. The first-order valence-electron chi connectivity index (χ1n) is 15.0. The van der Waals surface area contributed by atoms with Crippen molar-refractivity contribution >= 4 is 27.7 Å². The molecule has 1 spiro atoms. The van der Waals surface area contributed by atoms with E-state index >= 15 is 0 Å². The van der Waals surface area contributed by atoms with Crippen LogP contribution in [0.3, 0.4) is 0 Å². The first-order valence-corrected chi connectivity index (χ1v) is 16.6. The molecule has 10 nitrogen and oxygen atoms in total. The predicted octanol–water partition coefficient (Wildman–Crippen LogP) is 3.33. The summed E-state index contributed by atoms with van der Waals surface area (Å²) in [7, 11) is -3.68. The molecule has 0 aromatic heterocycles. The number of alkyl halides is 3. The van der Waals surface area contributed by atoms with E-state index in [1.165, 1.54) is 16.4 Å². The molecule has 2 N–H and O–H groups in total. The minimum Gasteiger partial charge on any atom is -0.406 e. The molecule has 0 atom stereocenters. The third-order valence-corrected chi connectivity index (χ3v) is 10.8. The van der Waals surface area contributed by atoms with Gasteiger partial charge in [0.2, 0.25) is 10.0 Å². The molecule has 3 heterocycles. The Morgan fingerprint density at radius 3 is 2.33 bits per heavy atom. The van der Waals surface area contributed by atoms with Gasteiger partial charge in [-0.25, -0.2) is 12.7 Å². The van der Waals surface area contributed by atoms with E-state index in [1.807, 2.05) is 13.8 Å². The number of aliphatic hydroxyl groups excluding tert-OH is 1. The quantitative estimate of drug-likeness (QED) is 0.451. The highest BCUT2D eigenvalue weighted by Gasteiger charge is 2.47. The molecule has 0 saturated carbocycles. The van der Waals surface area contributed by atoms with Crippen LogP contribution in [0.25, 0.3) is 0 Å². The Morgan fingerprint density at radius 2 is 1.73 bits per heavy atom. The van der Waals surface area contributed by atoms with Crippen molar-refractivity contribution in [2.45, 2.75) is 57.9 Å². The second-order valence-corrected chi connectivity index (χ2v) is 14.1. The Kier molecular flexibility index (Phi) is 9.30. The Morgan fingerprint density at radius 1 is 1.09 bits per heavy atom. The average molecular weight is 651 g/mol. The molecule has 3 aliphatic rings. The fourth-order valence-electron chi connectivity index (χ4n) is 6.34. The highest BCUT2D eigenvalue weighted by atomic mass is 32.2. The van der Waals surface area contributed by atoms with Gasteiger partial charge in [0.15, 0.2) is 0 Å². The van der Waals surface area contributed by atoms with E-state index in [0.29, 0.717) is 18.7 Å². The standard InChI is InChI=1S/C31H37F3N4O6S/c1-20-16-24(28(40)37-11-6-22(19-39)7-12-37)17-21(2)26(20)8-15-45(42,43)38-13-9-30(10-14-38)29(41)35-27(36-30)23-4-3-5-25(18-23)44-31(32,33)34/h3-5,16-18,22,39H,6-15,19H2,1-2H3,(H,35,36,41). The zero-order valence-corrected chi connectivity index (χ0v) is 26.0. The zero-order valence-electron chi connectivity index (χ0n) is 25.2. The molecule has 2 fully saturated rings. The van der Waals surface area contributed by atoms with Crippen molar-refractivity contribution in [2.75, 3.05) is 38.5 Å². The van der Waals surface area contributed by atoms with Crippen LogP contribution in [-0.4, -0.2) is 90.8 Å². The molecule has 2 amide bonds. The highest BCUT2D eigenvalue weighted by Crippen LogP contribution is 2.33. The van der Waals surface area contributed by atoms with Crippen molar-refractivity contribution in [3.63, 3.8) is 0 Å². The van der Waals surface area contributed by atoms with Crippen LogP contribution in [0, 0.1) is 19.8 Å². The number of aryl methyl sites for hydroxylation is 2. The predicted molar refractivity (Wildman–Crippen MR) is 160 cm³/mol. The number of halogens is 3. The van der Waals surface area contributed by atoms with Crippen molar-refractivity contribution in [1.82, 2.24) is 14.5 Å². The molecule has 2 aromatic carbocycles. The lowest BCUT2D eigenvalue weighted by atomic mass is 9.89. The number of nitrogens with zero attached hydrogens (tertiary/aromatic N) is 3. The number of ether oxygens (including phenoxy) is 1. The average Bonchev–Trinajstić information content (AvgIpc) is 3.30. The number of sulfonamides is 1. The first-order chi connectivity index (χ1) is 21.2. The molecule has 14 heteroatoms. The zero-order chi connectivity index (χ0) is 32.6. The summed E-state index contributed by atoms with van der Waals surface area (Å²) in [4.78, 5) is 32.4. The summed E-state index contributed by atoms with van der Waals surface area (Å²) < 4.78 is 70.0. The van der Waals surface area contributed by atoms with Gasteiger partial charge in [0, 0.05) is 43.9 Å². The van der Waals surface area contributed by atoms with Crippen LogP contribution >= 0.6 is 0 Å². The summed E-state index contributed by atoms with van der Waals surface area (Å²) in [5.41, 5.74) is 2.15. The largest absolute Gasteiger partial charge is 0.573 e. The number of amides is 2. The number of rotatable bonds is 8. The lowest BCUT2D eigenvalue weighted by molar-refractivity contribution is -0.274. The van der Waals surface area contributed by atoms with E-state index in [0.717, 1.165) is 41.7 Å². The topological polar surface area (TPSA) is 129 Å². The van der Waals surface area contributed by atoms with E-state index < -0.39 is 33.6 Å². The number of hydrogen-bond acceptors (Lipinski definition) is 7. The van der Waals surface area contributed by atoms with Gasteiger partial charge in [-0.1, -0.05) is 12.1 Å². The number of nitrogens with one attached hydrogen (secondary N) is 1. The molecule has 5 rings (SSSR count). The van der Waals surface area contributed by atoms with Gasteiger partial charge in [0.25, 0.3) is 11.8 Å². The van der Waals surface area contributed by atoms with Crippen molar-refractivity contribution < 1.29 is 41.0 Å². The fourth-order valence-corrected chi connectivity index (χ4v) is 7.80. The Hall–Kier alpha value is -3.49. The molecule has 3 aliphatic heterocycles. The summed E-state index contributed by atoms with van der Waals surface area (Å²) in [5, 5.41) is 12.0. The van der Waals surface area contributed by atoms with Gasteiger partial charge in [-0.2, -0.15) is 0 Å². The lowest BCUT2D eigenvalue weighted by Crippen LogP contribution is -2.50. The van der Waals surface area contributed by atoms with Crippen molar-refractivity contribution in [1.29, 1.82) is 0 Å². The summed E-state index contributed by atoms with van der Waals surface area (Å²) in [5.74, 6) is -0.730. The number of benzene rings is 2. The van der Waals surface area contributed by atoms with Gasteiger partial charge in [-0.05, 0) is 92.8 Å². The Bertz CT molecular complexity index is 1570. The van der Waals surface area contributed by atoms with Crippen molar-refractivity contribution in [2.24, 2.45) is 10.9 Å². The van der Waals surface area contributed by atoms with E-state index in [1.54, 1.807) is 17.0 Å². The van der Waals surface area contributed by atoms with Gasteiger partial charge in [0.1, 0.15) is 17.1 Å². The number of piperidine rings is 2. The number of amidine groups is 1. The molecular formula is C31H37F3N4O6S. The van der Waals surface area contributed by atoms with Crippen molar-refractivity contribution in [3.05, 3.63) is 64.2 Å². The number of hydrogen-bond donors (Lipinski definition) is 2. The van der Waals surface area contributed by atoms with Crippen LogP contribution < -0.4 is 10.1 Å². The molecule has 0 bridgehead atoms. The monoisotopic (exact) mass is 650 g/mol. The number of aliphatic hydroxyl groups is 1. The van der Waals surface area contributed by atoms with E-state index in [2.05, 4.69) is 15.0 Å². The molecule has 244 valence electrons. The maximum absolute atomic E-state index is 13.3. The molecular weight excluding hydrogens is 613 g/mol. The minimum atomic E-state index is -4.86. The van der Waals surface area contributed by atoms with Crippen LogP contribution in [0.15, 0.2) is 41.4 Å². The molecule has 2 saturated heterocycles.